The largest absolute Gasteiger partial charge is 0.490 e. The van der Waals surface area contributed by atoms with E-state index < -0.39 is 10.8 Å². The zero-order valence-corrected chi connectivity index (χ0v) is 16.4. The number of ether oxygens (including phenoxy) is 2. The molecule has 0 aromatic heterocycles. The molecule has 2 aromatic carbocycles. The van der Waals surface area contributed by atoms with Crippen molar-refractivity contribution in [3.63, 3.8) is 0 Å². The second kappa shape index (κ2) is 9.67. The first-order chi connectivity index (χ1) is 13.0. The summed E-state index contributed by atoms with van der Waals surface area (Å²) < 4.78 is 11.9. The molecule has 0 radical (unpaired) electrons. The van der Waals surface area contributed by atoms with Gasteiger partial charge in [0.2, 0.25) is 0 Å². The minimum absolute atomic E-state index is 0.0854. The summed E-state index contributed by atoms with van der Waals surface area (Å²) in [6, 6.07) is 8.79. The highest BCUT2D eigenvalue weighted by Gasteiger charge is 2.12. The van der Waals surface area contributed by atoms with E-state index in [4.69, 9.17) is 9.47 Å². The van der Waals surface area contributed by atoms with Crippen molar-refractivity contribution >= 4 is 33.7 Å². The summed E-state index contributed by atoms with van der Waals surface area (Å²) in [5.74, 6) is 0.694. The van der Waals surface area contributed by atoms with E-state index in [1.165, 1.54) is 30.5 Å². The molecule has 0 saturated heterocycles. The number of nitro groups is 1. The topological polar surface area (TPSA) is 103 Å². The number of benzene rings is 2. The van der Waals surface area contributed by atoms with Crippen molar-refractivity contribution in [3.8, 4) is 11.5 Å². The minimum Gasteiger partial charge on any atom is -0.490 e. The summed E-state index contributed by atoms with van der Waals surface area (Å²) in [7, 11) is 0. The smallest absolute Gasteiger partial charge is 0.271 e. The molecule has 0 aliphatic rings. The van der Waals surface area contributed by atoms with E-state index in [1.807, 2.05) is 13.8 Å². The van der Waals surface area contributed by atoms with Crippen molar-refractivity contribution in [2.24, 2.45) is 5.10 Å². The molecule has 2 aromatic rings. The van der Waals surface area contributed by atoms with Crippen LogP contribution in [0.1, 0.15) is 29.8 Å². The van der Waals surface area contributed by atoms with E-state index in [0.29, 0.717) is 34.7 Å². The zero-order valence-electron chi connectivity index (χ0n) is 14.8. The number of halogens is 1. The first-order valence-electron chi connectivity index (χ1n) is 8.13. The Morgan fingerprint density at radius 2 is 1.89 bits per heavy atom. The fraction of sp³-hybridized carbons (Fsp3) is 0.222. The molecule has 8 nitrogen and oxygen atoms in total. The van der Waals surface area contributed by atoms with E-state index in [-0.39, 0.29) is 11.3 Å². The number of hydrazone groups is 1. The van der Waals surface area contributed by atoms with E-state index in [9.17, 15) is 14.9 Å². The maximum Gasteiger partial charge on any atom is 0.271 e. The summed E-state index contributed by atoms with van der Waals surface area (Å²) in [5.41, 5.74) is 3.25. The SMILES string of the molecule is CCOc1cc(/C=N\NC(=O)c2ccc([N+](=O)[O-])cc2)cc(Br)c1OCC. The quantitative estimate of drug-likeness (QED) is 0.384. The molecular weight excluding hydrogens is 418 g/mol. The Kier molecular flexibility index (Phi) is 7.30. The Morgan fingerprint density at radius 3 is 2.48 bits per heavy atom. The van der Waals surface area contributed by atoms with Crippen LogP contribution in [0.4, 0.5) is 5.69 Å². The Hall–Kier alpha value is -2.94. The summed E-state index contributed by atoms with van der Waals surface area (Å²) in [6.07, 6.45) is 1.46. The van der Waals surface area contributed by atoms with E-state index in [2.05, 4.69) is 26.5 Å². The maximum atomic E-state index is 12.0. The average Bonchev–Trinajstić information content (AvgIpc) is 2.64. The van der Waals surface area contributed by atoms with Crippen LogP contribution in [-0.2, 0) is 0 Å². The summed E-state index contributed by atoms with van der Waals surface area (Å²) >= 11 is 3.44. The van der Waals surface area contributed by atoms with Crippen molar-refractivity contribution in [1.82, 2.24) is 5.43 Å². The molecule has 9 heteroatoms. The minimum atomic E-state index is -0.528. The first-order valence-corrected chi connectivity index (χ1v) is 8.92. The van der Waals surface area contributed by atoms with Gasteiger partial charge in [-0.2, -0.15) is 5.10 Å². The molecule has 0 aliphatic carbocycles. The Morgan fingerprint density at radius 1 is 1.22 bits per heavy atom. The Balaban J connectivity index is 2.10. The number of non-ortho nitro benzene ring substituents is 1. The van der Waals surface area contributed by atoms with Crippen LogP contribution in [0.5, 0.6) is 11.5 Å². The third-order valence-corrected chi connectivity index (χ3v) is 3.93. The highest BCUT2D eigenvalue weighted by molar-refractivity contribution is 9.10. The molecule has 0 fully saturated rings. The van der Waals surface area contributed by atoms with Gasteiger partial charge in [-0.3, -0.25) is 14.9 Å². The van der Waals surface area contributed by atoms with Gasteiger partial charge in [0.15, 0.2) is 11.5 Å². The number of nitrogens with one attached hydrogen (secondary N) is 1. The molecule has 0 bridgehead atoms. The number of carbonyl (C=O) groups excluding carboxylic acids is 1. The normalized spacial score (nSPS) is 10.6. The number of hydrogen-bond donors (Lipinski definition) is 1. The van der Waals surface area contributed by atoms with Crippen molar-refractivity contribution in [3.05, 3.63) is 62.1 Å². The summed E-state index contributed by atoms with van der Waals surface area (Å²) in [6.45, 7) is 4.72. The molecule has 142 valence electrons. The van der Waals surface area contributed by atoms with E-state index >= 15 is 0 Å². The lowest BCUT2D eigenvalue weighted by atomic mass is 10.2. The molecule has 1 amide bonds. The number of carbonyl (C=O) groups is 1. The maximum absolute atomic E-state index is 12.0. The molecule has 0 atom stereocenters. The van der Waals surface area contributed by atoms with Gasteiger partial charge in [0.1, 0.15) is 0 Å². The zero-order chi connectivity index (χ0) is 19.8. The number of amides is 1. The molecule has 0 saturated carbocycles. The predicted molar refractivity (Wildman–Crippen MR) is 105 cm³/mol. The number of nitro benzene ring substituents is 1. The van der Waals surface area contributed by atoms with Crippen LogP contribution < -0.4 is 14.9 Å². The fourth-order valence-corrected chi connectivity index (χ4v) is 2.75. The fourth-order valence-electron chi connectivity index (χ4n) is 2.17. The van der Waals surface area contributed by atoms with Gasteiger partial charge in [-0.15, -0.1) is 0 Å². The van der Waals surface area contributed by atoms with Crippen LogP contribution in [0.3, 0.4) is 0 Å². The van der Waals surface area contributed by atoms with Gasteiger partial charge in [0.05, 0.1) is 28.8 Å². The number of rotatable bonds is 8. The van der Waals surface area contributed by atoms with Gasteiger partial charge < -0.3 is 9.47 Å². The molecule has 1 N–H and O–H groups in total. The Bertz CT molecular complexity index is 853. The average molecular weight is 436 g/mol. The van der Waals surface area contributed by atoms with Gasteiger partial charge in [0, 0.05) is 17.7 Å². The van der Waals surface area contributed by atoms with Gasteiger partial charge >= 0.3 is 0 Å². The lowest BCUT2D eigenvalue weighted by Crippen LogP contribution is -2.17. The lowest BCUT2D eigenvalue weighted by molar-refractivity contribution is -0.384. The standard InChI is InChI=1S/C18H18BrN3O5/c1-3-26-16-10-12(9-15(19)17(16)27-4-2)11-20-21-18(23)13-5-7-14(8-6-13)22(24)25/h5-11H,3-4H2,1-2H3,(H,21,23)/b20-11-. The predicted octanol–water partition coefficient (Wildman–Crippen LogP) is 3.92. The molecule has 27 heavy (non-hydrogen) atoms. The summed E-state index contributed by atoms with van der Waals surface area (Å²) in [5, 5.41) is 14.6. The molecule has 0 aliphatic heterocycles. The summed E-state index contributed by atoms with van der Waals surface area (Å²) in [4.78, 5) is 22.2. The molecule has 2 rings (SSSR count). The molecule has 0 unspecified atom stereocenters. The third kappa shape index (κ3) is 5.52. The monoisotopic (exact) mass is 435 g/mol. The highest BCUT2D eigenvalue weighted by atomic mass is 79.9. The van der Waals surface area contributed by atoms with Crippen LogP contribution in [0.15, 0.2) is 46.0 Å². The Labute approximate surface area is 164 Å². The first kappa shape index (κ1) is 20.4. The second-order valence-electron chi connectivity index (χ2n) is 5.20. The van der Waals surface area contributed by atoms with Crippen LogP contribution in [0, 0.1) is 10.1 Å². The number of hydrogen-bond acceptors (Lipinski definition) is 6. The van der Waals surface area contributed by atoms with Crippen LogP contribution in [-0.4, -0.2) is 30.3 Å². The van der Waals surface area contributed by atoms with Gasteiger partial charge in [0.25, 0.3) is 11.6 Å². The lowest BCUT2D eigenvalue weighted by Gasteiger charge is -2.13. The second-order valence-corrected chi connectivity index (χ2v) is 6.05. The molecule has 0 heterocycles. The van der Waals surface area contributed by atoms with Crippen molar-refractivity contribution in [2.45, 2.75) is 13.8 Å². The van der Waals surface area contributed by atoms with Crippen LogP contribution >= 0.6 is 15.9 Å². The van der Waals surface area contributed by atoms with E-state index in [1.54, 1.807) is 12.1 Å². The highest BCUT2D eigenvalue weighted by Crippen LogP contribution is 2.36. The van der Waals surface area contributed by atoms with Gasteiger partial charge in [-0.1, -0.05) is 0 Å². The van der Waals surface area contributed by atoms with Gasteiger partial charge in [-0.05, 0) is 59.6 Å². The van der Waals surface area contributed by atoms with E-state index in [0.717, 1.165) is 0 Å². The third-order valence-electron chi connectivity index (χ3n) is 3.34. The van der Waals surface area contributed by atoms with Crippen molar-refractivity contribution < 1.29 is 19.2 Å². The van der Waals surface area contributed by atoms with Crippen LogP contribution in [0.2, 0.25) is 0 Å². The number of nitrogens with zero attached hydrogens (tertiary/aromatic N) is 2. The van der Waals surface area contributed by atoms with Crippen LogP contribution in [0.25, 0.3) is 0 Å². The van der Waals surface area contributed by atoms with Crippen molar-refractivity contribution in [1.29, 1.82) is 0 Å². The van der Waals surface area contributed by atoms with Crippen molar-refractivity contribution in [2.75, 3.05) is 13.2 Å². The molecular formula is C18H18BrN3O5. The molecule has 0 spiro atoms. The van der Waals surface area contributed by atoms with Gasteiger partial charge in [-0.25, -0.2) is 5.43 Å².